The molecule has 0 aliphatic rings. The van der Waals surface area contributed by atoms with Gasteiger partial charge in [0, 0.05) is 6.42 Å². The van der Waals surface area contributed by atoms with E-state index in [0.717, 1.165) is 77.0 Å². The van der Waals surface area contributed by atoms with Crippen LogP contribution >= 0.6 is 0 Å². The van der Waals surface area contributed by atoms with Crippen molar-refractivity contribution in [3.63, 3.8) is 0 Å². The van der Waals surface area contributed by atoms with Gasteiger partial charge in [-0.15, -0.1) is 0 Å². The van der Waals surface area contributed by atoms with E-state index in [1.165, 1.54) is 0 Å². The topological polar surface area (TPSA) is 129 Å². The normalized spacial score (nSPS) is 14.6. The maximum Gasteiger partial charge on any atom is 0.327 e. The molecule has 0 fully saturated rings. The van der Waals surface area contributed by atoms with Crippen LogP contribution < -0.4 is 0 Å². The molecule has 2 unspecified atom stereocenters. The van der Waals surface area contributed by atoms with Crippen molar-refractivity contribution in [1.29, 1.82) is 0 Å². The first-order valence-corrected chi connectivity index (χ1v) is 15.0. The Balaban J connectivity index is 5.34. The largest absolute Gasteiger partial charge is 0.481 e. The molecule has 0 saturated heterocycles. The Morgan fingerprint density at radius 3 is 1.50 bits per heavy atom. The molecule has 0 aromatic rings. The SMILES string of the molecule is CCCCCCCCC(CCCCCCC(=O)O)C(CCCCCCCC)(C(=O)O)S(=O)(=O)O. The third kappa shape index (κ3) is 13.1. The molecule has 0 spiro atoms. The first-order valence-electron chi connectivity index (χ1n) is 13.6. The Hall–Kier alpha value is -1.15. The maximum absolute atomic E-state index is 12.6. The fourth-order valence-electron chi connectivity index (χ4n) is 4.91. The molecular formula is C26H50O7S. The summed E-state index contributed by atoms with van der Waals surface area (Å²) in [6.07, 6.45) is 15.0. The third-order valence-electron chi connectivity index (χ3n) is 6.98. The molecule has 0 aromatic carbocycles. The zero-order valence-corrected chi connectivity index (χ0v) is 22.4. The van der Waals surface area contributed by atoms with E-state index in [2.05, 4.69) is 13.8 Å². The van der Waals surface area contributed by atoms with Crippen LogP contribution in [0.5, 0.6) is 0 Å². The fourth-order valence-corrected chi connectivity index (χ4v) is 6.19. The number of aliphatic carboxylic acids is 2. The van der Waals surface area contributed by atoms with Crippen molar-refractivity contribution < 1.29 is 32.8 Å². The molecular weight excluding hydrogens is 456 g/mol. The highest BCUT2D eigenvalue weighted by atomic mass is 32.2. The van der Waals surface area contributed by atoms with Gasteiger partial charge in [-0.2, -0.15) is 8.42 Å². The Kier molecular flexibility index (Phi) is 18.4. The van der Waals surface area contributed by atoms with E-state index in [-0.39, 0.29) is 12.8 Å². The van der Waals surface area contributed by atoms with Gasteiger partial charge in [0.1, 0.15) is 0 Å². The number of carbonyl (C=O) groups is 2. The van der Waals surface area contributed by atoms with Crippen LogP contribution in [0.2, 0.25) is 0 Å². The molecule has 2 atom stereocenters. The van der Waals surface area contributed by atoms with E-state index >= 15 is 0 Å². The summed E-state index contributed by atoms with van der Waals surface area (Å²) in [5.74, 6) is -2.93. The highest BCUT2D eigenvalue weighted by molar-refractivity contribution is 7.88. The molecule has 3 N–H and O–H groups in total. The molecule has 7 nitrogen and oxygen atoms in total. The van der Waals surface area contributed by atoms with Crippen molar-refractivity contribution >= 4 is 22.1 Å². The molecule has 202 valence electrons. The summed E-state index contributed by atoms with van der Waals surface area (Å²) in [4.78, 5) is 23.1. The molecule has 0 saturated carbocycles. The highest BCUT2D eigenvalue weighted by Gasteiger charge is 2.55. The smallest absolute Gasteiger partial charge is 0.327 e. The Labute approximate surface area is 207 Å². The lowest BCUT2D eigenvalue weighted by Crippen LogP contribution is -2.52. The van der Waals surface area contributed by atoms with Crippen LogP contribution in [0.25, 0.3) is 0 Å². The molecule has 0 aromatic heterocycles. The van der Waals surface area contributed by atoms with E-state index < -0.39 is 32.7 Å². The van der Waals surface area contributed by atoms with Gasteiger partial charge in [-0.3, -0.25) is 14.1 Å². The van der Waals surface area contributed by atoms with Gasteiger partial charge in [-0.25, -0.2) is 0 Å². The lowest BCUT2D eigenvalue weighted by Gasteiger charge is -2.35. The van der Waals surface area contributed by atoms with E-state index in [0.29, 0.717) is 38.5 Å². The molecule has 8 heteroatoms. The van der Waals surface area contributed by atoms with Crippen molar-refractivity contribution in [3.8, 4) is 0 Å². The van der Waals surface area contributed by atoms with Crippen LogP contribution in [0.4, 0.5) is 0 Å². The minimum absolute atomic E-state index is 0.0627. The molecule has 0 rings (SSSR count). The molecule has 0 bridgehead atoms. The highest BCUT2D eigenvalue weighted by Crippen LogP contribution is 2.39. The van der Waals surface area contributed by atoms with Crippen molar-refractivity contribution in [2.45, 2.75) is 147 Å². The zero-order valence-electron chi connectivity index (χ0n) is 21.6. The van der Waals surface area contributed by atoms with E-state index in [1.807, 2.05) is 0 Å². The van der Waals surface area contributed by atoms with Crippen LogP contribution in [0, 0.1) is 5.92 Å². The number of unbranched alkanes of at least 4 members (excludes halogenated alkanes) is 13. The average Bonchev–Trinajstić information content (AvgIpc) is 2.75. The number of rotatable bonds is 24. The number of hydrogen-bond acceptors (Lipinski definition) is 4. The van der Waals surface area contributed by atoms with Gasteiger partial charge in [0.05, 0.1) is 0 Å². The van der Waals surface area contributed by atoms with Crippen LogP contribution in [0.1, 0.15) is 142 Å². The van der Waals surface area contributed by atoms with Crippen LogP contribution in [0.15, 0.2) is 0 Å². The van der Waals surface area contributed by atoms with Crippen molar-refractivity contribution in [2.75, 3.05) is 0 Å². The summed E-state index contributed by atoms with van der Waals surface area (Å²) in [7, 11) is -4.81. The monoisotopic (exact) mass is 506 g/mol. The molecule has 0 amide bonds. The predicted molar refractivity (Wildman–Crippen MR) is 137 cm³/mol. The van der Waals surface area contributed by atoms with Crippen LogP contribution in [0.3, 0.4) is 0 Å². The Bertz CT molecular complexity index is 648. The van der Waals surface area contributed by atoms with Gasteiger partial charge >= 0.3 is 11.9 Å². The first kappa shape index (κ1) is 32.8. The zero-order chi connectivity index (χ0) is 25.9. The Morgan fingerprint density at radius 1 is 0.676 bits per heavy atom. The molecule has 0 aliphatic heterocycles. The lowest BCUT2D eigenvalue weighted by atomic mass is 9.79. The summed E-state index contributed by atoms with van der Waals surface area (Å²) in [5, 5.41) is 18.9. The summed E-state index contributed by atoms with van der Waals surface area (Å²) in [6.45, 7) is 4.25. The van der Waals surface area contributed by atoms with Crippen LogP contribution in [-0.4, -0.2) is 39.9 Å². The molecule has 0 aliphatic carbocycles. The van der Waals surface area contributed by atoms with E-state index in [4.69, 9.17) is 5.11 Å². The molecule has 34 heavy (non-hydrogen) atoms. The van der Waals surface area contributed by atoms with Gasteiger partial charge in [-0.1, -0.05) is 110 Å². The quantitative estimate of drug-likeness (QED) is 0.0929. The summed E-state index contributed by atoms with van der Waals surface area (Å²) in [6, 6.07) is 0. The van der Waals surface area contributed by atoms with Gasteiger partial charge in [0.2, 0.25) is 0 Å². The minimum Gasteiger partial charge on any atom is -0.481 e. The molecule has 0 radical (unpaired) electrons. The number of carboxylic acids is 2. The lowest BCUT2D eigenvalue weighted by molar-refractivity contribution is -0.142. The van der Waals surface area contributed by atoms with Crippen molar-refractivity contribution in [2.24, 2.45) is 5.92 Å². The maximum atomic E-state index is 12.6. The second-order valence-electron chi connectivity index (χ2n) is 9.79. The third-order valence-corrected chi connectivity index (χ3v) is 8.62. The fraction of sp³-hybridized carbons (Fsp3) is 0.923. The summed E-state index contributed by atoms with van der Waals surface area (Å²) < 4.78 is 33.2. The van der Waals surface area contributed by atoms with Gasteiger partial charge in [0.25, 0.3) is 10.1 Å². The Morgan fingerprint density at radius 2 is 1.09 bits per heavy atom. The average molecular weight is 507 g/mol. The first-order chi connectivity index (χ1) is 16.1. The minimum atomic E-state index is -4.81. The van der Waals surface area contributed by atoms with Crippen molar-refractivity contribution in [3.05, 3.63) is 0 Å². The van der Waals surface area contributed by atoms with E-state index in [9.17, 15) is 27.7 Å². The second-order valence-corrected chi connectivity index (χ2v) is 11.5. The second kappa shape index (κ2) is 19.1. The van der Waals surface area contributed by atoms with Gasteiger partial charge in [0.15, 0.2) is 4.75 Å². The predicted octanol–water partition coefficient (Wildman–Crippen LogP) is 7.24. The number of hydrogen-bond donors (Lipinski definition) is 3. The van der Waals surface area contributed by atoms with Crippen LogP contribution in [-0.2, 0) is 19.7 Å². The van der Waals surface area contributed by atoms with Gasteiger partial charge < -0.3 is 10.2 Å². The van der Waals surface area contributed by atoms with E-state index in [1.54, 1.807) is 0 Å². The summed E-state index contributed by atoms with van der Waals surface area (Å²) in [5.41, 5.74) is 0. The van der Waals surface area contributed by atoms with Crippen molar-refractivity contribution in [1.82, 2.24) is 0 Å². The number of carboxylic acid groups (broad SMARTS) is 2. The summed E-state index contributed by atoms with van der Waals surface area (Å²) >= 11 is 0. The molecule has 0 heterocycles. The van der Waals surface area contributed by atoms with Gasteiger partial charge in [-0.05, 0) is 31.6 Å². The standard InChI is InChI=1S/C26H50O7S/c1-3-5-7-9-11-15-19-23(20-16-12-13-17-21-24(27)28)26(25(29)30,34(31,32)33)22-18-14-10-8-6-4-2/h23H,3-22H2,1-2H3,(H,27,28)(H,29,30)(H,31,32,33).